The Bertz CT molecular complexity index is 1580. The van der Waals surface area contributed by atoms with E-state index in [1.165, 1.54) is 4.31 Å². The standard InChI is InChI=1S/C35H46N2O7S/c1-22-19-23(2)21-24(20-22)37(45(41,42)25-13-10-9-11-14-25)28-27-16-17-35(8,34(27,6)7)29(28)43-31(39)26-15-12-18-36(30(26)38)32(40)44-33(3,4)5/h9-11,13-14,19-21,26-29H,12,15-18H2,1-8H3/t26?,27-,28+,29+,35+/m1/s1. The first kappa shape index (κ1) is 33.0. The summed E-state index contributed by atoms with van der Waals surface area (Å²) in [6.07, 6.45) is 0.562. The van der Waals surface area contributed by atoms with Gasteiger partial charge in [-0.1, -0.05) is 45.0 Å². The number of amides is 2. The van der Waals surface area contributed by atoms with Crippen LogP contribution in [0.2, 0.25) is 0 Å². The molecule has 1 heterocycles. The van der Waals surface area contributed by atoms with Crippen molar-refractivity contribution in [3.63, 3.8) is 0 Å². The number of fused-ring (bicyclic) bond motifs is 2. The van der Waals surface area contributed by atoms with Crippen molar-refractivity contribution in [1.82, 2.24) is 4.90 Å². The molecule has 10 heteroatoms. The molecule has 2 aromatic rings. The van der Waals surface area contributed by atoms with Crippen molar-refractivity contribution in [3.05, 3.63) is 59.7 Å². The van der Waals surface area contributed by atoms with Crippen LogP contribution in [-0.2, 0) is 29.1 Å². The predicted octanol–water partition coefficient (Wildman–Crippen LogP) is 6.41. The molecule has 2 amide bonds. The minimum absolute atomic E-state index is 0.125. The predicted molar refractivity (Wildman–Crippen MR) is 171 cm³/mol. The van der Waals surface area contributed by atoms with Gasteiger partial charge in [0.05, 0.1) is 16.6 Å². The van der Waals surface area contributed by atoms with Crippen molar-refractivity contribution in [2.24, 2.45) is 22.7 Å². The number of hydrogen-bond acceptors (Lipinski definition) is 7. The molecule has 5 rings (SSSR count). The zero-order valence-electron chi connectivity index (χ0n) is 27.6. The van der Waals surface area contributed by atoms with Crippen molar-refractivity contribution < 1.29 is 32.3 Å². The zero-order chi connectivity index (χ0) is 33.1. The molecule has 3 fully saturated rings. The van der Waals surface area contributed by atoms with Gasteiger partial charge in [-0.25, -0.2) is 18.1 Å². The van der Waals surface area contributed by atoms with Gasteiger partial charge in [0, 0.05) is 12.0 Å². The average molecular weight is 639 g/mol. The van der Waals surface area contributed by atoms with Gasteiger partial charge in [-0.15, -0.1) is 0 Å². The van der Waals surface area contributed by atoms with Crippen LogP contribution in [-0.4, -0.2) is 55.6 Å². The summed E-state index contributed by atoms with van der Waals surface area (Å²) in [6, 6.07) is 13.3. The van der Waals surface area contributed by atoms with E-state index >= 15 is 0 Å². The molecule has 244 valence electrons. The summed E-state index contributed by atoms with van der Waals surface area (Å²) in [5.41, 5.74) is 0.586. The van der Waals surface area contributed by atoms with Gasteiger partial charge in [-0.3, -0.25) is 13.9 Å². The first-order chi connectivity index (χ1) is 20.9. The second kappa shape index (κ2) is 11.4. The Labute approximate surface area is 267 Å². The fourth-order valence-corrected chi connectivity index (χ4v) is 9.49. The van der Waals surface area contributed by atoms with Crippen LogP contribution >= 0.6 is 0 Å². The lowest BCUT2D eigenvalue weighted by molar-refractivity contribution is -0.168. The molecular weight excluding hydrogens is 592 g/mol. The first-order valence-electron chi connectivity index (χ1n) is 15.8. The number of sulfonamides is 1. The Morgan fingerprint density at radius 3 is 2.20 bits per heavy atom. The van der Waals surface area contributed by atoms with Crippen LogP contribution in [0.1, 0.15) is 78.4 Å². The molecule has 1 unspecified atom stereocenters. The van der Waals surface area contributed by atoms with E-state index in [0.717, 1.165) is 28.9 Å². The van der Waals surface area contributed by atoms with Crippen LogP contribution in [0.25, 0.3) is 0 Å². The highest BCUT2D eigenvalue weighted by atomic mass is 32.2. The quantitative estimate of drug-likeness (QED) is 0.266. The SMILES string of the molecule is Cc1cc(C)cc(N([C@H]2[C@H]3CC[C@@](C)([C@H]2OC(=O)C2CCCN(C(=O)OC(C)(C)C)C2=O)C3(C)C)S(=O)(=O)c2ccccc2)c1. The van der Waals surface area contributed by atoms with E-state index in [1.807, 2.05) is 32.0 Å². The third kappa shape index (κ3) is 5.75. The number of nitrogens with zero attached hydrogens (tertiary/aromatic N) is 2. The molecule has 9 nitrogen and oxygen atoms in total. The molecule has 2 saturated carbocycles. The topological polar surface area (TPSA) is 110 Å². The van der Waals surface area contributed by atoms with Crippen LogP contribution in [0.5, 0.6) is 0 Å². The minimum atomic E-state index is -4.11. The van der Waals surface area contributed by atoms with Crippen LogP contribution in [0.15, 0.2) is 53.4 Å². The molecule has 0 spiro atoms. The Morgan fingerprint density at radius 2 is 1.60 bits per heavy atom. The normalized spacial score (nSPS) is 27.7. The number of likely N-dealkylation sites (tertiary alicyclic amines) is 1. The van der Waals surface area contributed by atoms with Crippen LogP contribution in [0.3, 0.4) is 0 Å². The highest BCUT2D eigenvalue weighted by molar-refractivity contribution is 7.92. The lowest BCUT2D eigenvalue weighted by Gasteiger charge is -2.43. The van der Waals surface area contributed by atoms with Crippen molar-refractivity contribution in [2.45, 2.75) is 104 Å². The monoisotopic (exact) mass is 638 g/mol. The summed E-state index contributed by atoms with van der Waals surface area (Å²) < 4.78 is 42.5. The molecule has 2 bridgehead atoms. The largest absolute Gasteiger partial charge is 0.459 e. The van der Waals surface area contributed by atoms with Crippen molar-refractivity contribution >= 4 is 33.7 Å². The minimum Gasteiger partial charge on any atom is -0.459 e. The summed E-state index contributed by atoms with van der Waals surface area (Å²) in [5, 5.41) is 0. The molecule has 5 atom stereocenters. The van der Waals surface area contributed by atoms with Gasteiger partial charge in [-0.05, 0) is 107 Å². The maximum Gasteiger partial charge on any atom is 0.417 e. The molecule has 2 aromatic carbocycles. The van der Waals surface area contributed by atoms with Gasteiger partial charge in [0.1, 0.15) is 17.6 Å². The number of rotatable bonds is 6. The second-order valence-electron chi connectivity index (χ2n) is 14.8. The highest BCUT2D eigenvalue weighted by Gasteiger charge is 2.70. The smallest absolute Gasteiger partial charge is 0.417 e. The number of anilines is 1. The number of ether oxygens (including phenoxy) is 2. The fraction of sp³-hybridized carbons (Fsp3) is 0.571. The molecule has 1 aliphatic heterocycles. The zero-order valence-corrected chi connectivity index (χ0v) is 28.4. The molecule has 0 aromatic heterocycles. The van der Waals surface area contributed by atoms with E-state index < -0.39 is 57.1 Å². The van der Waals surface area contributed by atoms with Crippen molar-refractivity contribution in [3.8, 4) is 0 Å². The van der Waals surface area contributed by atoms with E-state index in [-0.39, 0.29) is 29.2 Å². The summed E-state index contributed by atoms with van der Waals surface area (Å²) in [7, 11) is -4.11. The summed E-state index contributed by atoms with van der Waals surface area (Å²) in [6.45, 7) is 15.5. The molecule has 0 N–H and O–H groups in total. The summed E-state index contributed by atoms with van der Waals surface area (Å²) in [5.74, 6) is -2.68. The van der Waals surface area contributed by atoms with Gasteiger partial charge < -0.3 is 9.47 Å². The average Bonchev–Trinajstić information content (AvgIpc) is 3.25. The summed E-state index contributed by atoms with van der Waals surface area (Å²) in [4.78, 5) is 41.5. The third-order valence-electron chi connectivity index (χ3n) is 10.3. The van der Waals surface area contributed by atoms with Gasteiger partial charge in [0.15, 0.2) is 0 Å². The molecule has 45 heavy (non-hydrogen) atoms. The Kier molecular flexibility index (Phi) is 8.38. The van der Waals surface area contributed by atoms with Gasteiger partial charge in [-0.2, -0.15) is 0 Å². The lowest BCUT2D eigenvalue weighted by Crippen LogP contribution is -2.55. The van der Waals surface area contributed by atoms with E-state index in [4.69, 9.17) is 9.47 Å². The highest BCUT2D eigenvalue weighted by Crippen LogP contribution is 2.68. The Hall–Kier alpha value is -3.40. The number of esters is 1. The number of aryl methyl sites for hydroxylation is 2. The van der Waals surface area contributed by atoms with E-state index in [9.17, 15) is 22.8 Å². The van der Waals surface area contributed by atoms with Crippen molar-refractivity contribution in [1.29, 1.82) is 0 Å². The Morgan fingerprint density at radius 1 is 0.978 bits per heavy atom. The van der Waals surface area contributed by atoms with Crippen LogP contribution < -0.4 is 4.31 Å². The molecular formula is C35H46N2O7S. The number of carbonyl (C=O) groups excluding carboxylic acids is 3. The number of piperidine rings is 1. The summed E-state index contributed by atoms with van der Waals surface area (Å²) >= 11 is 0. The maximum atomic E-state index is 14.6. The van der Waals surface area contributed by atoms with Gasteiger partial charge in [0.2, 0.25) is 5.91 Å². The van der Waals surface area contributed by atoms with Gasteiger partial charge in [0.25, 0.3) is 10.0 Å². The second-order valence-corrected chi connectivity index (χ2v) is 16.6. The molecule has 1 saturated heterocycles. The first-order valence-corrected chi connectivity index (χ1v) is 17.2. The van der Waals surface area contributed by atoms with Crippen LogP contribution in [0.4, 0.5) is 10.5 Å². The third-order valence-corrected chi connectivity index (χ3v) is 12.2. The van der Waals surface area contributed by atoms with E-state index in [0.29, 0.717) is 12.1 Å². The lowest BCUT2D eigenvalue weighted by atomic mass is 9.70. The maximum absolute atomic E-state index is 14.6. The number of carbonyl (C=O) groups is 3. The molecule has 0 radical (unpaired) electrons. The van der Waals surface area contributed by atoms with Crippen molar-refractivity contribution in [2.75, 3.05) is 10.8 Å². The fourth-order valence-electron chi connectivity index (χ4n) is 7.80. The number of imide groups is 1. The molecule has 3 aliphatic rings. The van der Waals surface area contributed by atoms with Crippen LogP contribution in [0, 0.1) is 36.5 Å². The number of benzene rings is 2. The van der Waals surface area contributed by atoms with E-state index in [2.05, 4.69) is 20.8 Å². The Balaban J connectivity index is 1.56. The van der Waals surface area contributed by atoms with E-state index in [1.54, 1.807) is 51.1 Å². The molecule has 2 aliphatic carbocycles. The number of hydrogen-bond donors (Lipinski definition) is 0. The van der Waals surface area contributed by atoms with Gasteiger partial charge >= 0.3 is 12.1 Å².